The maximum atomic E-state index is 5.31. The number of benzene rings is 2. The predicted octanol–water partition coefficient (Wildman–Crippen LogP) is 36.5. The number of nitrogens with zero attached hydrogens (tertiary/aromatic N) is 2. The molecule has 0 unspecified atom stereocenters. The number of rotatable bonds is 79. The van der Waals surface area contributed by atoms with Gasteiger partial charge in [0.05, 0.1) is 11.4 Å². The number of hydrogen-bond acceptors (Lipinski definition) is 2. The minimum absolute atomic E-state index is 0. The molecule has 0 spiro atoms. The van der Waals surface area contributed by atoms with Crippen molar-refractivity contribution in [2.45, 2.75) is 541 Å². The van der Waals surface area contributed by atoms with Gasteiger partial charge in [-0.3, -0.25) is 0 Å². The van der Waals surface area contributed by atoms with Gasteiger partial charge in [0.15, 0.2) is 0 Å². The van der Waals surface area contributed by atoms with E-state index in [1.165, 1.54) is 475 Å². The molecule has 3 heteroatoms. The van der Waals surface area contributed by atoms with Crippen LogP contribution < -0.4 is 0 Å². The van der Waals surface area contributed by atoms with Crippen LogP contribution in [0, 0.1) is 47.4 Å². The Balaban J connectivity index is 0.0000594. The average Bonchev–Trinajstić information content (AvgIpc) is 0.871. The second kappa shape index (κ2) is 88.5. The summed E-state index contributed by atoms with van der Waals surface area (Å²) in [5.41, 5.74) is 5.03. The van der Waals surface area contributed by atoms with Crippen molar-refractivity contribution in [3.05, 3.63) is 59.7 Å². The number of unbranched alkanes of at least 4 members (excludes halogenated alkanes) is 76. The molecule has 0 aliphatic carbocycles. The molecular weight excluding hydrogens is 1360 g/mol. The molecule has 0 aromatic heterocycles. The first kappa shape index (κ1) is 104. The minimum atomic E-state index is 0. The van der Waals surface area contributed by atoms with Crippen molar-refractivity contribution in [3.63, 3.8) is 0 Å². The molecule has 0 aliphatic rings. The molecule has 0 amide bonds. The van der Waals surface area contributed by atoms with E-state index >= 15 is 0 Å². The Morgan fingerprint density at radius 2 is 0.358 bits per heavy atom. The zero-order valence-electron chi connectivity index (χ0n) is 73.4. The molecule has 2 nitrogen and oxygen atoms in total. The summed E-state index contributed by atoms with van der Waals surface area (Å²) in [6, 6.07) is 16.9. The van der Waals surface area contributed by atoms with Gasteiger partial charge in [-0.25, -0.2) is 9.98 Å². The summed E-state index contributed by atoms with van der Waals surface area (Å²) in [6.07, 6.45) is 110. The fraction of sp³-hybridized carbons (Fsp3) is 0.792. The van der Waals surface area contributed by atoms with Crippen LogP contribution in [0.15, 0.2) is 58.5 Å². The van der Waals surface area contributed by atoms with Crippen molar-refractivity contribution < 1.29 is 16.5 Å². The summed E-state index contributed by atoms with van der Waals surface area (Å²) >= 11 is 0. The van der Waals surface area contributed by atoms with Gasteiger partial charge >= 0.3 is 0 Å². The molecule has 0 radical (unpaired) electrons. The molecule has 0 bridgehead atoms. The van der Waals surface area contributed by atoms with Gasteiger partial charge in [0.25, 0.3) is 0 Å². The fourth-order valence-corrected chi connectivity index (χ4v) is 15.6. The Morgan fingerprint density at radius 3 is 0.532 bits per heavy atom. The molecule has 0 heterocycles. The summed E-state index contributed by atoms with van der Waals surface area (Å²) in [6.45, 7) is 9.22. The second-order valence-electron chi connectivity index (χ2n) is 33.7. The van der Waals surface area contributed by atoms with E-state index in [-0.39, 0.29) is 16.5 Å². The third-order valence-electron chi connectivity index (χ3n) is 22.9. The standard InChI is InChI=1S/C106H180N2.Ni/c1-5-9-13-17-21-24-27-30-33-36-39-42-45-48-49-52-55-58-61-64-67-70-73-76-80-84-88-98-106(108-104-96-90-94-102(100-104)92-86-82-79-75-72-69-66-63-60-57-54-51-47-44-41-38-35-32-29-26-23-19-15-11-7-3)105(97-87-83-77-20-16-12-8-4)107-103-95-89-93-101(99-103)91-85-81-78-74-71-68-65-62-59-56-53-50-46-43-40-37-34-31-28-25-22-18-14-10-6-2;/h89-90,93-96,99-100H,5-84H2,1-4H3;. The van der Waals surface area contributed by atoms with Gasteiger partial charge in [-0.1, -0.05) is 538 Å². The van der Waals surface area contributed by atoms with E-state index in [0.29, 0.717) is 11.4 Å². The predicted molar refractivity (Wildman–Crippen MR) is 488 cm³/mol. The Labute approximate surface area is 693 Å². The number of aliphatic imine (C=N–C) groups is 2. The smallest absolute Gasteiger partial charge is 0.148 e. The van der Waals surface area contributed by atoms with Crippen LogP contribution in [0.4, 0.5) is 11.4 Å². The summed E-state index contributed by atoms with van der Waals surface area (Å²) in [5.74, 6) is 28.3. The van der Waals surface area contributed by atoms with Crippen LogP contribution in [-0.4, -0.2) is 11.4 Å². The van der Waals surface area contributed by atoms with E-state index in [1.807, 2.05) is 0 Å². The van der Waals surface area contributed by atoms with Crippen molar-refractivity contribution >= 4 is 22.8 Å². The molecular formula is C106H180N2Ni. The van der Waals surface area contributed by atoms with Gasteiger partial charge in [-0.15, -0.1) is 0 Å². The summed E-state index contributed by atoms with van der Waals surface area (Å²) in [7, 11) is 0. The van der Waals surface area contributed by atoms with Gasteiger partial charge < -0.3 is 0 Å². The quantitative estimate of drug-likeness (QED) is 0.0273. The van der Waals surface area contributed by atoms with Crippen LogP contribution in [0.3, 0.4) is 0 Å². The average molecular weight is 1540 g/mol. The van der Waals surface area contributed by atoms with E-state index in [9.17, 15) is 0 Å². The van der Waals surface area contributed by atoms with Crippen molar-refractivity contribution in [1.82, 2.24) is 0 Å². The SMILES string of the molecule is CCCCCCCC#CC(=Nc1cccc(C#CCCCCCCCCCCCCCCCCCCCCCCCCC)c1)C(C#CCCCCCCCCCCCCCCCCCCCCCCCCCCC)=Nc1cccc(C#CCCCCCCCCCCCCCCCCCCCCCCCCC)c1.[Ni]. The van der Waals surface area contributed by atoms with Crippen LogP contribution in [-0.2, 0) is 16.5 Å². The molecule has 2 aromatic rings. The maximum absolute atomic E-state index is 5.31. The normalized spacial score (nSPS) is 11.4. The summed E-state index contributed by atoms with van der Waals surface area (Å²) in [5, 5.41) is 0. The summed E-state index contributed by atoms with van der Waals surface area (Å²) < 4.78 is 0. The molecule has 0 atom stereocenters. The Hall–Kier alpha value is -3.49. The number of hydrogen-bond donors (Lipinski definition) is 0. The van der Waals surface area contributed by atoms with E-state index in [4.69, 9.17) is 9.98 Å². The molecule has 0 fully saturated rings. The second-order valence-corrected chi connectivity index (χ2v) is 33.7. The van der Waals surface area contributed by atoms with Crippen LogP contribution in [0.5, 0.6) is 0 Å². The van der Waals surface area contributed by atoms with Crippen molar-refractivity contribution in [2.24, 2.45) is 9.98 Å². The Morgan fingerprint density at radius 1 is 0.202 bits per heavy atom. The molecule has 2 rings (SSSR count). The van der Waals surface area contributed by atoms with Crippen molar-refractivity contribution in [3.8, 4) is 47.4 Å². The maximum Gasteiger partial charge on any atom is 0.148 e. The monoisotopic (exact) mass is 1540 g/mol. The third-order valence-corrected chi connectivity index (χ3v) is 22.9. The van der Waals surface area contributed by atoms with E-state index in [1.54, 1.807) is 0 Å². The first-order valence-corrected chi connectivity index (χ1v) is 49.0. The Bertz CT molecular complexity index is 2540. The van der Waals surface area contributed by atoms with E-state index in [2.05, 4.69) is 124 Å². The van der Waals surface area contributed by atoms with Crippen LogP contribution >= 0.6 is 0 Å². The minimum Gasteiger partial charge on any atom is -0.237 e. The fourth-order valence-electron chi connectivity index (χ4n) is 15.6. The van der Waals surface area contributed by atoms with Gasteiger partial charge in [0.1, 0.15) is 11.4 Å². The van der Waals surface area contributed by atoms with Gasteiger partial charge in [-0.2, -0.15) is 0 Å². The first-order valence-electron chi connectivity index (χ1n) is 49.0. The van der Waals surface area contributed by atoms with E-state index in [0.717, 1.165) is 61.0 Å². The molecule has 0 saturated carbocycles. The van der Waals surface area contributed by atoms with Crippen LogP contribution in [0.2, 0.25) is 0 Å². The molecule has 109 heavy (non-hydrogen) atoms. The van der Waals surface area contributed by atoms with Gasteiger partial charge in [0, 0.05) is 53.3 Å². The zero-order valence-corrected chi connectivity index (χ0v) is 74.4. The van der Waals surface area contributed by atoms with Crippen molar-refractivity contribution in [2.75, 3.05) is 0 Å². The molecule has 0 aliphatic heterocycles. The molecule has 2 aromatic carbocycles. The van der Waals surface area contributed by atoms with E-state index < -0.39 is 0 Å². The van der Waals surface area contributed by atoms with Gasteiger partial charge in [0.2, 0.25) is 0 Å². The topological polar surface area (TPSA) is 24.7 Å². The van der Waals surface area contributed by atoms with Gasteiger partial charge in [-0.05, 0) is 73.9 Å². The van der Waals surface area contributed by atoms with Crippen LogP contribution in [0.25, 0.3) is 0 Å². The molecule has 0 N–H and O–H groups in total. The third kappa shape index (κ3) is 75.6. The zero-order chi connectivity index (χ0) is 76.8. The largest absolute Gasteiger partial charge is 0.237 e. The van der Waals surface area contributed by atoms with Crippen molar-refractivity contribution in [1.29, 1.82) is 0 Å². The Kier molecular flexibility index (Phi) is 84.0. The van der Waals surface area contributed by atoms with Crippen LogP contribution in [0.1, 0.15) is 552 Å². The summed E-state index contributed by atoms with van der Waals surface area (Å²) in [4.78, 5) is 10.6. The molecule has 0 saturated heterocycles. The first-order chi connectivity index (χ1) is 53.7. The molecule has 624 valence electrons.